The lowest BCUT2D eigenvalue weighted by molar-refractivity contribution is 0.0949. The molecule has 0 bridgehead atoms. The van der Waals surface area contributed by atoms with E-state index in [2.05, 4.69) is 22.1 Å². The zero-order valence-corrected chi connectivity index (χ0v) is 11.9. The number of likely N-dealkylation sites (tertiary alicyclic amines) is 1. The van der Waals surface area contributed by atoms with Crippen LogP contribution in [0.4, 0.5) is 4.39 Å². The van der Waals surface area contributed by atoms with Crippen LogP contribution in [0.25, 0.3) is 0 Å². The molecule has 0 spiro atoms. The number of carbonyl (C=O) groups excluding carboxylic acids is 1. The van der Waals surface area contributed by atoms with Crippen molar-refractivity contribution in [3.63, 3.8) is 0 Å². The molecule has 21 heavy (non-hydrogen) atoms. The van der Waals surface area contributed by atoms with Crippen molar-refractivity contribution in [1.82, 2.24) is 10.2 Å². The smallest absolute Gasteiger partial charge is 0.252 e. The highest BCUT2D eigenvalue weighted by atomic mass is 19.1. The van der Waals surface area contributed by atoms with Crippen molar-refractivity contribution in [2.75, 3.05) is 32.8 Å². The highest BCUT2D eigenvalue weighted by molar-refractivity contribution is 5.96. The van der Waals surface area contributed by atoms with E-state index in [0.717, 1.165) is 19.6 Å². The maximum Gasteiger partial charge on any atom is 0.252 e. The van der Waals surface area contributed by atoms with Crippen molar-refractivity contribution in [3.8, 4) is 11.8 Å². The van der Waals surface area contributed by atoms with Crippen molar-refractivity contribution in [3.05, 3.63) is 35.1 Å². The molecule has 1 aliphatic rings. The van der Waals surface area contributed by atoms with Gasteiger partial charge in [0.05, 0.1) is 5.56 Å². The molecule has 0 aliphatic carbocycles. The Morgan fingerprint density at radius 3 is 2.86 bits per heavy atom. The Hall–Kier alpha value is -1.90. The van der Waals surface area contributed by atoms with Crippen molar-refractivity contribution < 1.29 is 14.3 Å². The van der Waals surface area contributed by atoms with Crippen LogP contribution in [0.1, 0.15) is 28.8 Å². The predicted octanol–water partition coefficient (Wildman–Crippen LogP) is 0.995. The number of hydrogen-bond donors (Lipinski definition) is 2. The first-order valence-corrected chi connectivity index (χ1v) is 7.10. The monoisotopic (exact) mass is 290 g/mol. The lowest BCUT2D eigenvalue weighted by atomic mass is 10.1. The molecule has 0 aromatic heterocycles. The second-order valence-corrected chi connectivity index (χ2v) is 4.95. The number of aliphatic hydroxyl groups excluding tert-OH is 1. The van der Waals surface area contributed by atoms with Gasteiger partial charge < -0.3 is 15.3 Å². The van der Waals surface area contributed by atoms with Crippen molar-refractivity contribution in [2.45, 2.75) is 12.8 Å². The van der Waals surface area contributed by atoms with Gasteiger partial charge in [0.15, 0.2) is 0 Å². The lowest BCUT2D eigenvalue weighted by Gasteiger charge is -2.15. The molecular weight excluding hydrogens is 271 g/mol. The predicted molar refractivity (Wildman–Crippen MR) is 78.4 cm³/mol. The first kappa shape index (κ1) is 15.5. The van der Waals surface area contributed by atoms with E-state index in [1.165, 1.54) is 31.0 Å². The summed E-state index contributed by atoms with van der Waals surface area (Å²) in [5.74, 6) is 4.33. The zero-order chi connectivity index (χ0) is 15.1. The Bertz CT molecular complexity index is 557. The van der Waals surface area contributed by atoms with Crippen LogP contribution in [0.15, 0.2) is 18.2 Å². The second-order valence-electron chi connectivity index (χ2n) is 4.95. The van der Waals surface area contributed by atoms with Gasteiger partial charge in [-0.15, -0.1) is 0 Å². The molecule has 1 heterocycles. The van der Waals surface area contributed by atoms with Crippen LogP contribution >= 0.6 is 0 Å². The number of aliphatic hydroxyl groups is 1. The van der Waals surface area contributed by atoms with Gasteiger partial charge in [0.25, 0.3) is 5.91 Å². The molecule has 2 N–H and O–H groups in total. The molecule has 2 rings (SSSR count). The third-order valence-corrected chi connectivity index (χ3v) is 3.44. The Balaban J connectivity index is 1.98. The number of halogens is 1. The van der Waals surface area contributed by atoms with Gasteiger partial charge in [0.2, 0.25) is 0 Å². The van der Waals surface area contributed by atoms with E-state index in [-0.39, 0.29) is 18.1 Å². The molecule has 1 amide bonds. The molecular formula is C16H19FN2O2. The van der Waals surface area contributed by atoms with Crippen molar-refractivity contribution >= 4 is 5.91 Å². The van der Waals surface area contributed by atoms with Gasteiger partial charge in [-0.1, -0.05) is 11.8 Å². The van der Waals surface area contributed by atoms with E-state index in [0.29, 0.717) is 12.1 Å². The van der Waals surface area contributed by atoms with E-state index in [9.17, 15) is 9.18 Å². The summed E-state index contributed by atoms with van der Waals surface area (Å²) >= 11 is 0. The topological polar surface area (TPSA) is 52.6 Å². The van der Waals surface area contributed by atoms with Gasteiger partial charge in [0.1, 0.15) is 12.4 Å². The molecule has 0 saturated carbocycles. The largest absolute Gasteiger partial charge is 0.384 e. The molecule has 1 saturated heterocycles. The SMILES string of the molecule is O=C(NCCN1CCCC1)c1cc(F)ccc1C#CCO. The highest BCUT2D eigenvalue weighted by Crippen LogP contribution is 2.11. The number of hydrogen-bond acceptors (Lipinski definition) is 3. The average molecular weight is 290 g/mol. The number of rotatable bonds is 4. The highest BCUT2D eigenvalue weighted by Gasteiger charge is 2.14. The fraction of sp³-hybridized carbons (Fsp3) is 0.438. The van der Waals surface area contributed by atoms with Crippen LogP contribution in [0, 0.1) is 17.7 Å². The van der Waals surface area contributed by atoms with Crippen molar-refractivity contribution in [2.24, 2.45) is 0 Å². The molecule has 0 radical (unpaired) electrons. The fourth-order valence-electron chi connectivity index (χ4n) is 2.38. The maximum absolute atomic E-state index is 13.3. The Kier molecular flexibility index (Phi) is 5.73. The summed E-state index contributed by atoms with van der Waals surface area (Å²) in [5.41, 5.74) is 0.626. The van der Waals surface area contributed by atoms with Gasteiger partial charge in [-0.25, -0.2) is 4.39 Å². The molecule has 112 valence electrons. The van der Waals surface area contributed by atoms with E-state index in [1.807, 2.05) is 0 Å². The Labute approximate surface area is 124 Å². The summed E-state index contributed by atoms with van der Waals surface area (Å²) in [6, 6.07) is 3.88. The average Bonchev–Trinajstić information content (AvgIpc) is 2.99. The van der Waals surface area contributed by atoms with Gasteiger partial charge >= 0.3 is 0 Å². The van der Waals surface area contributed by atoms with Gasteiger partial charge in [0, 0.05) is 18.7 Å². The van der Waals surface area contributed by atoms with Crippen LogP contribution in [0.3, 0.4) is 0 Å². The molecule has 0 unspecified atom stereocenters. The summed E-state index contributed by atoms with van der Waals surface area (Å²) in [4.78, 5) is 14.4. The summed E-state index contributed by atoms with van der Waals surface area (Å²) in [7, 11) is 0. The first-order valence-electron chi connectivity index (χ1n) is 7.10. The maximum atomic E-state index is 13.3. The summed E-state index contributed by atoms with van der Waals surface area (Å²) in [5, 5.41) is 11.5. The fourth-order valence-corrected chi connectivity index (χ4v) is 2.38. The molecule has 1 aromatic carbocycles. The van der Waals surface area contributed by atoms with Gasteiger partial charge in [-0.05, 0) is 44.1 Å². The number of nitrogens with zero attached hydrogens (tertiary/aromatic N) is 1. The Morgan fingerprint density at radius 1 is 1.38 bits per heavy atom. The first-order chi connectivity index (χ1) is 10.2. The number of benzene rings is 1. The van der Waals surface area contributed by atoms with Crippen molar-refractivity contribution in [1.29, 1.82) is 0 Å². The number of carbonyl (C=O) groups is 1. The molecule has 1 aliphatic heterocycles. The van der Waals surface area contributed by atoms with Crippen LogP contribution in [-0.4, -0.2) is 48.7 Å². The molecule has 5 heteroatoms. The van der Waals surface area contributed by atoms with E-state index < -0.39 is 5.82 Å². The van der Waals surface area contributed by atoms with E-state index in [4.69, 9.17) is 5.11 Å². The van der Waals surface area contributed by atoms with Gasteiger partial charge in [-0.3, -0.25) is 4.79 Å². The number of amides is 1. The second kappa shape index (κ2) is 7.77. The van der Waals surface area contributed by atoms with E-state index >= 15 is 0 Å². The van der Waals surface area contributed by atoms with Crippen LogP contribution in [0.2, 0.25) is 0 Å². The molecule has 1 aromatic rings. The minimum atomic E-state index is -0.478. The minimum absolute atomic E-state index is 0.206. The van der Waals surface area contributed by atoms with Crippen LogP contribution < -0.4 is 5.32 Å². The number of nitrogens with one attached hydrogen (secondary N) is 1. The third kappa shape index (κ3) is 4.55. The third-order valence-electron chi connectivity index (χ3n) is 3.44. The molecule has 0 atom stereocenters. The lowest BCUT2D eigenvalue weighted by Crippen LogP contribution is -2.33. The van der Waals surface area contributed by atoms with Crippen LogP contribution in [-0.2, 0) is 0 Å². The summed E-state index contributed by atoms with van der Waals surface area (Å²) < 4.78 is 13.3. The quantitative estimate of drug-likeness (QED) is 0.813. The molecule has 1 fully saturated rings. The summed E-state index contributed by atoms with van der Waals surface area (Å²) in [6.45, 7) is 3.18. The zero-order valence-electron chi connectivity index (χ0n) is 11.9. The normalized spacial score (nSPS) is 14.6. The van der Waals surface area contributed by atoms with E-state index in [1.54, 1.807) is 0 Å². The van der Waals surface area contributed by atoms with Gasteiger partial charge in [-0.2, -0.15) is 0 Å². The van der Waals surface area contributed by atoms with Crippen LogP contribution in [0.5, 0.6) is 0 Å². The minimum Gasteiger partial charge on any atom is -0.384 e. The summed E-state index contributed by atoms with van der Waals surface area (Å²) in [6.07, 6.45) is 2.41. The Morgan fingerprint density at radius 2 is 2.14 bits per heavy atom. The standard InChI is InChI=1S/C16H19FN2O2/c17-14-6-5-13(4-3-11-20)15(12-14)16(21)18-7-10-19-8-1-2-9-19/h5-6,12,20H,1-2,7-11H2,(H,18,21). The molecule has 4 nitrogen and oxygen atoms in total.